The van der Waals surface area contributed by atoms with E-state index < -0.39 is 5.97 Å². The Morgan fingerprint density at radius 1 is 1.03 bits per heavy atom. The lowest BCUT2D eigenvalue weighted by Crippen LogP contribution is -2.49. The average molecular weight is 431 g/mol. The highest BCUT2D eigenvalue weighted by atomic mass is 16.5. The highest BCUT2D eigenvalue weighted by molar-refractivity contribution is 5.99. The summed E-state index contributed by atoms with van der Waals surface area (Å²) in [6.45, 7) is -0.333. The van der Waals surface area contributed by atoms with Crippen molar-refractivity contribution in [2.24, 2.45) is 17.8 Å². The molecule has 0 aliphatic heterocycles. The molecule has 0 saturated heterocycles. The van der Waals surface area contributed by atoms with Crippen LogP contribution in [0.3, 0.4) is 0 Å². The molecule has 0 spiro atoms. The summed E-state index contributed by atoms with van der Waals surface area (Å²) in [5.74, 6) is 1.69. The lowest BCUT2D eigenvalue weighted by Gasteiger charge is -2.56. The lowest BCUT2D eigenvalue weighted by molar-refractivity contribution is -0.00828. The molecule has 3 aromatic rings. The molecule has 4 aliphatic rings. The molecule has 0 unspecified atom stereocenters. The van der Waals surface area contributed by atoms with Gasteiger partial charge in [-0.1, -0.05) is 5.21 Å². The van der Waals surface area contributed by atoms with Gasteiger partial charge in [0, 0.05) is 11.0 Å². The van der Waals surface area contributed by atoms with Gasteiger partial charge >= 0.3 is 5.97 Å². The number of esters is 1. The van der Waals surface area contributed by atoms with Crippen LogP contribution in [0.15, 0.2) is 53.3 Å². The number of ketones is 1. The summed E-state index contributed by atoms with van der Waals surface area (Å²) in [7, 11) is 0. The molecule has 7 rings (SSSR count). The van der Waals surface area contributed by atoms with E-state index in [-0.39, 0.29) is 23.6 Å². The first-order valence-corrected chi connectivity index (χ1v) is 11.4. The number of benzene rings is 1. The molecule has 4 saturated carbocycles. The Bertz CT molecular complexity index is 1110. The highest BCUT2D eigenvalue weighted by Crippen LogP contribution is 2.60. The van der Waals surface area contributed by atoms with Crippen molar-refractivity contribution in [1.29, 1.82) is 0 Å². The van der Waals surface area contributed by atoms with Gasteiger partial charge < -0.3 is 9.15 Å². The predicted octanol–water partition coefficient (Wildman–Crippen LogP) is 4.37. The van der Waals surface area contributed by atoms with Crippen LogP contribution in [-0.4, -0.2) is 33.4 Å². The first kappa shape index (κ1) is 19.5. The van der Waals surface area contributed by atoms with Crippen LogP contribution in [0.1, 0.15) is 65.1 Å². The fraction of sp³-hybridized carbons (Fsp3) is 0.440. The molecule has 7 nitrogen and oxygen atoms in total. The molecule has 0 amide bonds. The largest absolute Gasteiger partial charge is 0.457 e. The van der Waals surface area contributed by atoms with Crippen molar-refractivity contribution < 1.29 is 18.7 Å². The molecular weight excluding hydrogens is 406 g/mol. The van der Waals surface area contributed by atoms with E-state index in [2.05, 4.69) is 10.3 Å². The minimum absolute atomic E-state index is 0.0801. The SMILES string of the molecule is O=C(COC(=O)c1ccco1)c1ccc(-n2nncc2C23CC4CC(CC(C4)C2)C3)cc1. The number of carbonyl (C=O) groups is 2. The Hall–Kier alpha value is -3.22. The summed E-state index contributed by atoms with van der Waals surface area (Å²) >= 11 is 0. The van der Waals surface area contributed by atoms with Crippen molar-refractivity contribution in [3.8, 4) is 5.69 Å². The summed E-state index contributed by atoms with van der Waals surface area (Å²) in [5.41, 5.74) is 2.78. The smallest absolute Gasteiger partial charge is 0.374 e. The maximum absolute atomic E-state index is 12.5. The quantitative estimate of drug-likeness (QED) is 0.426. The number of hydrogen-bond acceptors (Lipinski definition) is 6. The summed E-state index contributed by atoms with van der Waals surface area (Å²) < 4.78 is 12.0. The predicted molar refractivity (Wildman–Crippen MR) is 115 cm³/mol. The minimum Gasteiger partial charge on any atom is -0.457 e. The van der Waals surface area contributed by atoms with Crippen LogP contribution in [0, 0.1) is 17.8 Å². The molecule has 0 atom stereocenters. The van der Waals surface area contributed by atoms with Crippen LogP contribution >= 0.6 is 0 Å². The van der Waals surface area contributed by atoms with Gasteiger partial charge in [0.2, 0.25) is 5.76 Å². The molecule has 0 radical (unpaired) electrons. The van der Waals surface area contributed by atoms with Crippen molar-refractivity contribution in [3.63, 3.8) is 0 Å². The van der Waals surface area contributed by atoms with Gasteiger partial charge in [0.15, 0.2) is 12.4 Å². The fourth-order valence-corrected chi connectivity index (χ4v) is 6.68. The first-order valence-electron chi connectivity index (χ1n) is 11.4. The molecule has 4 bridgehead atoms. The third kappa shape index (κ3) is 3.27. The molecule has 4 aliphatic carbocycles. The number of nitrogens with zero attached hydrogens (tertiary/aromatic N) is 3. The first-order chi connectivity index (χ1) is 15.6. The Morgan fingerprint density at radius 3 is 2.34 bits per heavy atom. The number of hydrogen-bond donors (Lipinski definition) is 0. The average Bonchev–Trinajstić information content (AvgIpc) is 3.49. The van der Waals surface area contributed by atoms with Crippen LogP contribution in [0.25, 0.3) is 5.69 Å². The number of aromatic nitrogens is 3. The van der Waals surface area contributed by atoms with E-state index in [0.717, 1.165) is 23.4 Å². The lowest BCUT2D eigenvalue weighted by atomic mass is 9.49. The molecule has 32 heavy (non-hydrogen) atoms. The van der Waals surface area contributed by atoms with Crippen LogP contribution in [-0.2, 0) is 10.2 Å². The molecule has 0 N–H and O–H groups in total. The van der Waals surface area contributed by atoms with Crippen LogP contribution < -0.4 is 0 Å². The zero-order valence-electron chi connectivity index (χ0n) is 17.8. The Balaban J connectivity index is 1.19. The Morgan fingerprint density at radius 2 is 1.72 bits per heavy atom. The maximum atomic E-state index is 12.5. The van der Waals surface area contributed by atoms with Crippen LogP contribution in [0.4, 0.5) is 0 Å². The topological polar surface area (TPSA) is 87.2 Å². The second kappa shape index (κ2) is 7.43. The van der Waals surface area contributed by atoms with E-state index in [1.54, 1.807) is 18.2 Å². The fourth-order valence-electron chi connectivity index (χ4n) is 6.68. The Kier molecular flexibility index (Phi) is 4.52. The number of ether oxygens (including phenoxy) is 1. The zero-order chi connectivity index (χ0) is 21.7. The summed E-state index contributed by atoms with van der Waals surface area (Å²) in [4.78, 5) is 24.3. The van der Waals surface area contributed by atoms with Gasteiger partial charge in [-0.05, 0) is 92.7 Å². The minimum atomic E-state index is -0.650. The van der Waals surface area contributed by atoms with Gasteiger partial charge in [-0.2, -0.15) is 0 Å². The maximum Gasteiger partial charge on any atom is 0.374 e. The molecule has 164 valence electrons. The standard InChI is InChI=1S/C25H25N3O4/c29-21(15-32-24(30)22-2-1-7-31-22)19-3-5-20(6-4-19)28-23(14-26-27-28)25-11-16-8-17(12-25)10-18(9-16)13-25/h1-7,14,16-18H,8-13,15H2. The van der Waals surface area contributed by atoms with Crippen LogP contribution in [0.2, 0.25) is 0 Å². The molecule has 2 heterocycles. The summed E-state index contributed by atoms with van der Waals surface area (Å²) in [6, 6.07) is 10.4. The van der Waals surface area contributed by atoms with Crippen molar-refractivity contribution in [1.82, 2.24) is 15.0 Å². The molecular formula is C25H25N3O4. The summed E-state index contributed by atoms with van der Waals surface area (Å²) in [6.07, 6.45) is 11.2. The van der Waals surface area contributed by atoms with Gasteiger partial charge in [-0.3, -0.25) is 4.79 Å². The summed E-state index contributed by atoms with van der Waals surface area (Å²) in [5, 5.41) is 8.67. The van der Waals surface area contributed by atoms with Gasteiger partial charge in [-0.15, -0.1) is 5.10 Å². The normalized spacial score (nSPS) is 28.1. The van der Waals surface area contributed by atoms with E-state index in [4.69, 9.17) is 9.15 Å². The number of carbonyl (C=O) groups excluding carboxylic acids is 2. The van der Waals surface area contributed by atoms with E-state index in [1.165, 1.54) is 56.5 Å². The second-order valence-electron chi connectivity index (χ2n) is 9.75. The van der Waals surface area contributed by atoms with Gasteiger partial charge in [0.05, 0.1) is 23.8 Å². The number of furan rings is 1. The second-order valence-corrected chi connectivity index (χ2v) is 9.75. The van der Waals surface area contributed by atoms with Gasteiger partial charge in [-0.25, -0.2) is 9.48 Å². The Labute approximate surface area is 185 Å². The monoisotopic (exact) mass is 431 g/mol. The third-order valence-electron chi connectivity index (χ3n) is 7.62. The van der Waals surface area contributed by atoms with Crippen molar-refractivity contribution in [3.05, 3.63) is 65.9 Å². The third-order valence-corrected chi connectivity index (χ3v) is 7.62. The molecule has 2 aromatic heterocycles. The van der Waals surface area contributed by atoms with E-state index >= 15 is 0 Å². The highest BCUT2D eigenvalue weighted by Gasteiger charge is 2.53. The van der Waals surface area contributed by atoms with Crippen LogP contribution in [0.5, 0.6) is 0 Å². The van der Waals surface area contributed by atoms with Crippen molar-refractivity contribution in [2.75, 3.05) is 6.61 Å². The number of Topliss-reactive ketones (excluding diaryl/α,β-unsaturated/α-hetero) is 1. The number of rotatable bonds is 6. The zero-order valence-corrected chi connectivity index (χ0v) is 17.8. The van der Waals surface area contributed by atoms with E-state index in [0.29, 0.717) is 5.56 Å². The van der Waals surface area contributed by atoms with Gasteiger partial charge in [0.1, 0.15) is 0 Å². The van der Waals surface area contributed by atoms with E-state index in [1.807, 2.05) is 23.0 Å². The van der Waals surface area contributed by atoms with E-state index in [9.17, 15) is 9.59 Å². The molecule has 1 aromatic carbocycles. The van der Waals surface area contributed by atoms with Gasteiger partial charge in [0.25, 0.3) is 0 Å². The van der Waals surface area contributed by atoms with Crippen molar-refractivity contribution in [2.45, 2.75) is 43.9 Å². The van der Waals surface area contributed by atoms with Crippen molar-refractivity contribution >= 4 is 11.8 Å². The molecule has 7 heteroatoms. The molecule has 4 fully saturated rings.